The smallest absolute Gasteiger partial charge is 0.329 e. The van der Waals surface area contributed by atoms with Crippen LogP contribution in [0.2, 0.25) is 0 Å². The van der Waals surface area contributed by atoms with Crippen LogP contribution in [0.3, 0.4) is 0 Å². The van der Waals surface area contributed by atoms with Crippen molar-refractivity contribution in [2.75, 3.05) is 29.9 Å². The lowest BCUT2D eigenvalue weighted by atomic mass is 10.1. The van der Waals surface area contributed by atoms with Gasteiger partial charge in [-0.15, -0.1) is 11.8 Å². The maximum Gasteiger partial charge on any atom is 0.329 e. The molecule has 0 unspecified atom stereocenters. The number of pyridine rings is 2. The number of alkyl halides is 2. The molecule has 0 bridgehead atoms. The number of nitrogens with zero attached hydrogens (tertiary/aromatic N) is 6. The number of rotatable bonds is 8. The molecule has 1 saturated heterocycles. The Morgan fingerprint density at radius 2 is 1.95 bits per heavy atom. The Kier molecular flexibility index (Phi) is 7.42. The van der Waals surface area contributed by atoms with Crippen molar-refractivity contribution in [1.82, 2.24) is 23.8 Å². The van der Waals surface area contributed by atoms with E-state index in [2.05, 4.69) is 4.98 Å². The quantitative estimate of drug-likeness (QED) is 0.231. The number of aromatic nitrogens is 4. The molecule has 224 valence electrons. The fraction of sp³-hybridized carbons (Fsp3) is 0.464. The summed E-state index contributed by atoms with van der Waals surface area (Å²) in [5.41, 5.74) is 10.0. The fourth-order valence-corrected chi connectivity index (χ4v) is 7.15. The van der Waals surface area contributed by atoms with Gasteiger partial charge in [-0.1, -0.05) is 0 Å². The minimum atomic E-state index is -4.25. The van der Waals surface area contributed by atoms with Crippen LogP contribution in [0.5, 0.6) is 0 Å². The number of likely N-dealkylation sites (tertiary alicyclic amines) is 1. The average Bonchev–Trinajstić information content (AvgIpc) is 3.61. The first-order valence-corrected chi connectivity index (χ1v) is 16.9. The summed E-state index contributed by atoms with van der Waals surface area (Å²) in [7, 11) is -4.25. The summed E-state index contributed by atoms with van der Waals surface area (Å²) in [6.45, 7) is 0.490. The van der Waals surface area contributed by atoms with Gasteiger partial charge in [0.25, 0.3) is 5.91 Å². The maximum atomic E-state index is 13.8. The third-order valence-electron chi connectivity index (χ3n) is 7.99. The van der Waals surface area contributed by atoms with Crippen LogP contribution in [-0.4, -0.2) is 76.4 Å². The van der Waals surface area contributed by atoms with Crippen molar-refractivity contribution in [2.45, 2.75) is 56.8 Å². The highest BCUT2D eigenvalue weighted by Crippen LogP contribution is 2.38. The first-order chi connectivity index (χ1) is 20.0. The van der Waals surface area contributed by atoms with Crippen molar-refractivity contribution in [1.29, 1.82) is 0 Å². The molecule has 2 aliphatic rings. The van der Waals surface area contributed by atoms with Gasteiger partial charge in [0.05, 0.1) is 17.0 Å². The molecule has 5 heterocycles. The molecular weight excluding hydrogens is 584 g/mol. The SMILES string of the molecule is CSc1cc(C(=O)N2CCC[C@@H](N)C2)cc2nc(-c3cc4ccc(N(C(F)F)S(C)(=O)=O)nc4n3CC3CC3)c(C)n12. The second-order valence-electron chi connectivity index (χ2n) is 11.2. The molecule has 6 rings (SSSR count). The fourth-order valence-electron chi connectivity index (χ4n) is 5.76. The van der Waals surface area contributed by atoms with E-state index in [0.29, 0.717) is 53.5 Å². The van der Waals surface area contributed by atoms with E-state index in [1.165, 1.54) is 17.8 Å². The summed E-state index contributed by atoms with van der Waals surface area (Å²) in [5.74, 6) is 0.00279. The molecule has 14 heteroatoms. The van der Waals surface area contributed by atoms with Crippen LogP contribution in [0.1, 0.15) is 41.7 Å². The van der Waals surface area contributed by atoms with Gasteiger partial charge in [0.15, 0.2) is 0 Å². The number of amides is 1. The maximum absolute atomic E-state index is 13.8. The highest BCUT2D eigenvalue weighted by atomic mass is 32.2. The second-order valence-corrected chi connectivity index (χ2v) is 13.9. The molecule has 0 radical (unpaired) electrons. The Morgan fingerprint density at radius 1 is 1.19 bits per heavy atom. The van der Waals surface area contributed by atoms with Gasteiger partial charge in [-0.2, -0.15) is 13.1 Å². The van der Waals surface area contributed by atoms with Crippen molar-refractivity contribution >= 4 is 50.2 Å². The van der Waals surface area contributed by atoms with Crippen LogP contribution in [0.15, 0.2) is 35.4 Å². The molecule has 1 aliphatic heterocycles. The van der Waals surface area contributed by atoms with E-state index >= 15 is 0 Å². The largest absolute Gasteiger partial charge is 0.337 e. The van der Waals surface area contributed by atoms with Gasteiger partial charge in [-0.25, -0.2) is 18.4 Å². The zero-order chi connectivity index (χ0) is 29.9. The molecule has 1 aliphatic carbocycles. The van der Waals surface area contributed by atoms with E-state index in [4.69, 9.17) is 10.7 Å². The third kappa shape index (κ3) is 5.24. The van der Waals surface area contributed by atoms with Gasteiger partial charge in [0.1, 0.15) is 22.8 Å². The topological polar surface area (TPSA) is 119 Å². The Labute approximate surface area is 246 Å². The van der Waals surface area contributed by atoms with Gasteiger partial charge in [0, 0.05) is 42.3 Å². The van der Waals surface area contributed by atoms with Crippen molar-refractivity contribution in [3.05, 3.63) is 41.6 Å². The Bertz CT molecular complexity index is 1800. The number of halogens is 2. The summed E-state index contributed by atoms with van der Waals surface area (Å²) in [6, 6.07) is 8.49. The summed E-state index contributed by atoms with van der Waals surface area (Å²) in [6.07, 6.45) is 6.54. The van der Waals surface area contributed by atoms with Crippen molar-refractivity contribution in [2.24, 2.45) is 11.7 Å². The predicted octanol–water partition coefficient (Wildman–Crippen LogP) is 4.34. The molecule has 0 aromatic carbocycles. The second kappa shape index (κ2) is 10.8. The van der Waals surface area contributed by atoms with Crippen LogP contribution in [-0.2, 0) is 16.6 Å². The number of fused-ring (bicyclic) bond motifs is 2. The molecule has 1 amide bonds. The van der Waals surface area contributed by atoms with Gasteiger partial charge in [-0.3, -0.25) is 9.20 Å². The lowest BCUT2D eigenvalue weighted by molar-refractivity contribution is 0.0708. The molecule has 4 aromatic heterocycles. The molecule has 42 heavy (non-hydrogen) atoms. The van der Waals surface area contributed by atoms with E-state index < -0.39 is 16.6 Å². The number of hydrogen-bond acceptors (Lipinski definition) is 7. The number of imidazole rings is 1. The van der Waals surface area contributed by atoms with Crippen LogP contribution in [0.4, 0.5) is 14.6 Å². The van der Waals surface area contributed by atoms with Gasteiger partial charge in [-0.05, 0) is 75.1 Å². The first kappa shape index (κ1) is 28.9. The zero-order valence-corrected chi connectivity index (χ0v) is 25.3. The number of carbonyl (C=O) groups excluding carboxylic acids is 1. The monoisotopic (exact) mass is 617 g/mol. The standard InChI is InChI=1S/C28H33F2N7O3S2/c1-16-25(32-23-12-19(13-24(41-2)36(16)23)27(38)34-10-4-5-20(31)15-34)21-11-18-8-9-22(37(28(29)30)42(3,39)40)33-26(18)35(21)14-17-6-7-17/h8-9,11-13,17,20,28H,4-7,10,14-15,31H2,1-3H3/t20-/m1/s1. The number of thioether (sulfide) groups is 1. The highest BCUT2D eigenvalue weighted by Gasteiger charge is 2.31. The Balaban J connectivity index is 1.49. The van der Waals surface area contributed by atoms with E-state index in [0.717, 1.165) is 48.4 Å². The lowest BCUT2D eigenvalue weighted by Crippen LogP contribution is -2.45. The lowest BCUT2D eigenvalue weighted by Gasteiger charge is -2.31. The van der Waals surface area contributed by atoms with E-state index in [-0.39, 0.29) is 22.1 Å². The number of piperidine rings is 1. The third-order valence-corrected chi connectivity index (χ3v) is 9.77. The van der Waals surface area contributed by atoms with Gasteiger partial charge >= 0.3 is 6.55 Å². The minimum Gasteiger partial charge on any atom is -0.337 e. The van der Waals surface area contributed by atoms with Gasteiger partial charge in [0.2, 0.25) is 10.0 Å². The summed E-state index contributed by atoms with van der Waals surface area (Å²) >= 11 is 1.51. The summed E-state index contributed by atoms with van der Waals surface area (Å²) in [4.78, 5) is 24.7. The van der Waals surface area contributed by atoms with Crippen LogP contribution >= 0.6 is 11.8 Å². The van der Waals surface area contributed by atoms with Crippen molar-refractivity contribution < 1.29 is 22.0 Å². The van der Waals surface area contributed by atoms with E-state index in [1.807, 2.05) is 34.3 Å². The van der Waals surface area contributed by atoms with Crippen LogP contribution < -0.4 is 10.0 Å². The molecular formula is C28H33F2N7O3S2. The molecule has 10 nitrogen and oxygen atoms in total. The van der Waals surface area contributed by atoms with Crippen molar-refractivity contribution in [3.63, 3.8) is 0 Å². The number of carbonyl (C=O) groups is 1. The molecule has 4 aromatic rings. The predicted molar refractivity (Wildman–Crippen MR) is 160 cm³/mol. The average molecular weight is 618 g/mol. The highest BCUT2D eigenvalue weighted by molar-refractivity contribution is 7.98. The Hall–Kier alpha value is -3.23. The van der Waals surface area contributed by atoms with Gasteiger partial charge < -0.3 is 15.2 Å². The van der Waals surface area contributed by atoms with Crippen LogP contribution in [0.25, 0.3) is 28.1 Å². The van der Waals surface area contributed by atoms with Crippen LogP contribution in [0, 0.1) is 12.8 Å². The molecule has 2 N–H and O–H groups in total. The van der Waals surface area contributed by atoms with Crippen molar-refractivity contribution in [3.8, 4) is 11.4 Å². The number of hydrogen-bond donors (Lipinski definition) is 1. The number of nitrogens with two attached hydrogens (primary N) is 1. The summed E-state index contributed by atoms with van der Waals surface area (Å²) < 4.78 is 55.9. The molecule has 0 spiro atoms. The zero-order valence-electron chi connectivity index (χ0n) is 23.6. The summed E-state index contributed by atoms with van der Waals surface area (Å²) in [5, 5.41) is 1.55. The molecule has 1 atom stereocenters. The number of aryl methyl sites for hydroxylation is 1. The Morgan fingerprint density at radius 3 is 2.60 bits per heavy atom. The molecule has 1 saturated carbocycles. The molecule has 2 fully saturated rings. The normalized spacial score (nSPS) is 18.0. The minimum absolute atomic E-state index is 0.0283. The van der Waals surface area contributed by atoms with E-state index in [9.17, 15) is 22.0 Å². The number of sulfonamides is 1. The van der Waals surface area contributed by atoms with E-state index in [1.54, 1.807) is 17.0 Å². The number of anilines is 1. The first-order valence-electron chi connectivity index (χ1n) is 13.9.